The lowest BCUT2D eigenvalue weighted by Gasteiger charge is -2.21. The minimum Gasteiger partial charge on any atom is -0.309 e. The number of hydrogen-bond acceptors (Lipinski definition) is 2. The Hall–Kier alpha value is -7.50. The van der Waals surface area contributed by atoms with Crippen LogP contribution in [0, 0.1) is 0 Å². The maximum absolute atomic E-state index is 14.2. The quantitative estimate of drug-likeness (QED) is 0.176. The van der Waals surface area contributed by atoms with Crippen LogP contribution in [0.25, 0.3) is 83.2 Å². The molecule has 5 nitrogen and oxygen atoms in total. The highest BCUT2D eigenvalue weighted by molar-refractivity contribution is 6.12. The Morgan fingerprint density at radius 3 is 1.43 bits per heavy atom. The number of rotatable bonds is 5. The van der Waals surface area contributed by atoms with Gasteiger partial charge in [-0.1, -0.05) is 129 Å². The van der Waals surface area contributed by atoms with Gasteiger partial charge in [0, 0.05) is 21.9 Å². The predicted octanol–water partition coefficient (Wildman–Crippen LogP) is 11.9. The van der Waals surface area contributed by atoms with Gasteiger partial charge in [-0.25, -0.2) is 9.36 Å². The molecule has 58 heavy (non-hydrogen) atoms. The number of fused-ring (bicyclic) bond motifs is 7. The van der Waals surface area contributed by atoms with Crippen molar-refractivity contribution in [3.8, 4) is 50.4 Å². The average Bonchev–Trinajstić information content (AvgIpc) is 3.71. The fourth-order valence-corrected chi connectivity index (χ4v) is 9.23. The first-order valence-corrected chi connectivity index (χ1v) is 19.7. The van der Waals surface area contributed by atoms with Gasteiger partial charge in [0.2, 0.25) is 0 Å². The minimum absolute atomic E-state index is 0.101. The van der Waals surface area contributed by atoms with Crippen molar-refractivity contribution < 1.29 is 0 Å². The normalized spacial score (nSPS) is 12.9. The van der Waals surface area contributed by atoms with Crippen molar-refractivity contribution in [2.45, 2.75) is 19.3 Å². The van der Waals surface area contributed by atoms with Crippen molar-refractivity contribution >= 4 is 32.7 Å². The van der Waals surface area contributed by atoms with Crippen LogP contribution in [-0.2, 0) is 5.41 Å². The highest BCUT2D eigenvalue weighted by atomic mass is 16.2. The molecule has 10 aromatic rings. The average molecular weight is 748 g/mol. The molecule has 0 saturated heterocycles. The van der Waals surface area contributed by atoms with E-state index in [-0.39, 0.29) is 11.0 Å². The highest BCUT2D eigenvalue weighted by Crippen LogP contribution is 2.51. The molecule has 276 valence electrons. The fourth-order valence-electron chi connectivity index (χ4n) is 9.23. The molecule has 0 N–H and O–H groups in total. The zero-order valence-electron chi connectivity index (χ0n) is 32.1. The van der Waals surface area contributed by atoms with Gasteiger partial charge < -0.3 is 4.57 Å². The maximum atomic E-state index is 14.2. The summed E-state index contributed by atoms with van der Waals surface area (Å²) in [6.07, 6.45) is 0. The Morgan fingerprint density at radius 2 is 0.828 bits per heavy atom. The Bertz CT molecular complexity index is 3380. The van der Waals surface area contributed by atoms with Gasteiger partial charge >= 0.3 is 5.69 Å². The SMILES string of the molecule is CC1(C)c2ccccc2-c2cc3c4cc(-c5ccc(-c6ccc7c(c6)c(=O)n(-c6ccccc6)c(=O)n7-c6ccccc6)cc5)ccc4n(-c4ccccc4)c3cc21. The zero-order chi connectivity index (χ0) is 39.1. The lowest BCUT2D eigenvalue weighted by molar-refractivity contribution is 0.661. The maximum Gasteiger partial charge on any atom is 0.340 e. The van der Waals surface area contributed by atoms with Crippen molar-refractivity contribution in [3.05, 3.63) is 220 Å². The number of para-hydroxylation sites is 3. The number of benzene rings is 8. The van der Waals surface area contributed by atoms with Crippen LogP contribution >= 0.6 is 0 Å². The van der Waals surface area contributed by atoms with E-state index in [1.807, 2.05) is 66.7 Å². The molecular weight excluding hydrogens is 711 g/mol. The number of nitrogens with zero attached hydrogens (tertiary/aromatic N) is 3. The molecule has 0 radical (unpaired) electrons. The van der Waals surface area contributed by atoms with Crippen LogP contribution in [0.4, 0.5) is 0 Å². The Kier molecular flexibility index (Phi) is 7.44. The largest absolute Gasteiger partial charge is 0.340 e. The summed E-state index contributed by atoms with van der Waals surface area (Å²) in [5.41, 5.74) is 13.9. The third kappa shape index (κ3) is 5.03. The summed E-state index contributed by atoms with van der Waals surface area (Å²) in [5, 5.41) is 2.90. The molecule has 5 heteroatoms. The molecule has 8 aromatic carbocycles. The van der Waals surface area contributed by atoms with Crippen LogP contribution in [0.1, 0.15) is 25.0 Å². The van der Waals surface area contributed by atoms with Crippen molar-refractivity contribution in [2.75, 3.05) is 0 Å². The summed E-state index contributed by atoms with van der Waals surface area (Å²) in [6.45, 7) is 4.67. The van der Waals surface area contributed by atoms with Crippen molar-refractivity contribution in [2.24, 2.45) is 0 Å². The molecule has 1 aliphatic carbocycles. The summed E-state index contributed by atoms with van der Waals surface area (Å²) < 4.78 is 5.29. The van der Waals surface area contributed by atoms with Gasteiger partial charge in [0.15, 0.2) is 0 Å². The van der Waals surface area contributed by atoms with Gasteiger partial charge in [-0.05, 0) is 117 Å². The van der Waals surface area contributed by atoms with Crippen molar-refractivity contribution in [1.82, 2.24) is 13.7 Å². The van der Waals surface area contributed by atoms with E-state index in [0.717, 1.165) is 27.9 Å². The van der Waals surface area contributed by atoms with Crippen LogP contribution in [-0.4, -0.2) is 13.7 Å². The van der Waals surface area contributed by atoms with Crippen molar-refractivity contribution in [3.63, 3.8) is 0 Å². The molecule has 0 unspecified atom stereocenters. The molecule has 0 fully saturated rings. The predicted molar refractivity (Wildman–Crippen MR) is 238 cm³/mol. The lowest BCUT2D eigenvalue weighted by atomic mass is 9.82. The summed E-state index contributed by atoms with van der Waals surface area (Å²) >= 11 is 0. The molecule has 0 amide bonds. The monoisotopic (exact) mass is 747 g/mol. The van der Waals surface area contributed by atoms with E-state index in [0.29, 0.717) is 22.3 Å². The number of hydrogen-bond donors (Lipinski definition) is 0. The molecule has 2 heterocycles. The second-order valence-electron chi connectivity index (χ2n) is 15.7. The Labute approximate surface area is 335 Å². The smallest absolute Gasteiger partial charge is 0.309 e. The summed E-state index contributed by atoms with van der Waals surface area (Å²) in [4.78, 5) is 28.2. The third-order valence-corrected chi connectivity index (χ3v) is 12.1. The molecule has 0 atom stereocenters. The van der Waals surface area contributed by atoms with E-state index < -0.39 is 5.69 Å². The second-order valence-corrected chi connectivity index (χ2v) is 15.7. The first-order valence-electron chi connectivity index (χ1n) is 19.7. The van der Waals surface area contributed by atoms with Crippen LogP contribution in [0.5, 0.6) is 0 Å². The zero-order valence-corrected chi connectivity index (χ0v) is 32.1. The standard InChI is InChI=1S/C53H37N3O2/c1-53(2)46-21-13-12-20-41(46)42-32-44-43-30-36(26-28-48(43)54(50(44)33-47(42)53)38-14-6-3-7-15-38)34-22-24-35(25-23-34)37-27-29-49-45(31-37)51(57)56(40-18-10-5-11-19-40)52(58)55(49)39-16-8-4-9-17-39/h3-33H,1-2H3. The lowest BCUT2D eigenvalue weighted by Crippen LogP contribution is -2.38. The molecule has 0 saturated carbocycles. The number of aromatic nitrogens is 3. The molecule has 11 rings (SSSR count). The summed E-state index contributed by atoms with van der Waals surface area (Å²) in [5.74, 6) is 0. The summed E-state index contributed by atoms with van der Waals surface area (Å²) in [7, 11) is 0. The van der Waals surface area contributed by atoms with Gasteiger partial charge in [0.1, 0.15) is 0 Å². The van der Waals surface area contributed by atoms with E-state index >= 15 is 0 Å². The van der Waals surface area contributed by atoms with E-state index in [4.69, 9.17) is 0 Å². The van der Waals surface area contributed by atoms with Gasteiger partial charge in [0.25, 0.3) is 5.56 Å². The molecular formula is C53H37N3O2. The molecule has 0 aliphatic heterocycles. The topological polar surface area (TPSA) is 48.9 Å². The van der Waals surface area contributed by atoms with E-state index in [2.05, 4.69) is 128 Å². The van der Waals surface area contributed by atoms with Gasteiger partial charge in [-0.15, -0.1) is 0 Å². The van der Waals surface area contributed by atoms with Crippen LogP contribution in [0.15, 0.2) is 198 Å². The van der Waals surface area contributed by atoms with Gasteiger partial charge in [-0.2, -0.15) is 0 Å². The second kappa shape index (κ2) is 12.8. The Balaban J connectivity index is 1.04. The van der Waals surface area contributed by atoms with Crippen molar-refractivity contribution in [1.29, 1.82) is 0 Å². The minimum atomic E-state index is -0.408. The van der Waals surface area contributed by atoms with Gasteiger partial charge in [-0.3, -0.25) is 9.36 Å². The van der Waals surface area contributed by atoms with E-state index in [9.17, 15) is 9.59 Å². The van der Waals surface area contributed by atoms with E-state index in [1.54, 1.807) is 16.7 Å². The highest BCUT2D eigenvalue weighted by Gasteiger charge is 2.36. The van der Waals surface area contributed by atoms with Crippen LogP contribution in [0.3, 0.4) is 0 Å². The molecule has 1 aliphatic rings. The van der Waals surface area contributed by atoms with E-state index in [1.165, 1.54) is 48.6 Å². The van der Waals surface area contributed by atoms with Crippen LogP contribution in [0.2, 0.25) is 0 Å². The van der Waals surface area contributed by atoms with Crippen LogP contribution < -0.4 is 11.2 Å². The Morgan fingerprint density at radius 1 is 0.362 bits per heavy atom. The molecule has 0 bridgehead atoms. The molecule has 0 spiro atoms. The third-order valence-electron chi connectivity index (χ3n) is 12.1. The van der Waals surface area contributed by atoms with Gasteiger partial charge in [0.05, 0.1) is 33.3 Å². The first-order chi connectivity index (χ1) is 28.4. The summed E-state index contributed by atoms with van der Waals surface area (Å²) in [6, 6.07) is 64.0. The fraction of sp³-hybridized carbons (Fsp3) is 0.0566. The molecule has 2 aromatic heterocycles. The first kappa shape index (κ1) is 33.8.